The van der Waals surface area contributed by atoms with Crippen molar-refractivity contribution in [3.05, 3.63) is 76.3 Å². The van der Waals surface area contributed by atoms with Crippen LogP contribution >= 0.6 is 15.9 Å². The molecule has 0 aromatic heterocycles. The van der Waals surface area contributed by atoms with Crippen molar-refractivity contribution >= 4 is 24.2 Å². The van der Waals surface area contributed by atoms with E-state index in [1.807, 2.05) is 42.5 Å². The van der Waals surface area contributed by atoms with Crippen molar-refractivity contribution in [3.63, 3.8) is 0 Å². The maximum Gasteiger partial charge on any atom is 0.220 e. The van der Waals surface area contributed by atoms with Crippen LogP contribution in [0.4, 0.5) is 0 Å². The van der Waals surface area contributed by atoms with E-state index in [1.165, 1.54) is 5.56 Å². The van der Waals surface area contributed by atoms with Gasteiger partial charge in [0.25, 0.3) is 0 Å². The largest absolute Gasteiger partial charge is 0.461 e. The molecule has 4 nitrogen and oxygen atoms in total. The molecule has 0 radical (unpaired) electrons. The van der Waals surface area contributed by atoms with Gasteiger partial charge in [-0.15, -0.1) is 0 Å². The first kappa shape index (κ1) is 28.1. The molecular formula is C29H41BrO4Si. The Labute approximate surface area is 221 Å². The van der Waals surface area contributed by atoms with Crippen LogP contribution in [-0.2, 0) is 25.9 Å². The number of hydrogen-bond donors (Lipinski definition) is 0. The Kier molecular flexibility index (Phi) is 9.09. The third-order valence-corrected chi connectivity index (χ3v) is 12.2. The summed E-state index contributed by atoms with van der Waals surface area (Å²) in [5, 5.41) is 0.119. The van der Waals surface area contributed by atoms with Crippen molar-refractivity contribution in [2.45, 2.75) is 90.2 Å². The van der Waals surface area contributed by atoms with Gasteiger partial charge in [-0.05, 0) is 58.9 Å². The molecule has 6 heteroatoms. The molecule has 1 aliphatic rings. The van der Waals surface area contributed by atoms with Gasteiger partial charge in [0.05, 0.1) is 13.2 Å². The Morgan fingerprint density at radius 2 is 1.57 bits per heavy atom. The van der Waals surface area contributed by atoms with Crippen molar-refractivity contribution in [1.82, 2.24) is 0 Å². The lowest BCUT2D eigenvalue weighted by atomic mass is 9.87. The zero-order valence-electron chi connectivity index (χ0n) is 22.4. The second-order valence-electron chi connectivity index (χ2n) is 11.8. The molecule has 1 aliphatic heterocycles. The third-order valence-electron chi connectivity index (χ3n) is 6.91. The van der Waals surface area contributed by atoms with Crippen molar-refractivity contribution < 1.29 is 18.6 Å². The molecule has 2 aromatic rings. The van der Waals surface area contributed by atoms with Gasteiger partial charge in [0.2, 0.25) is 6.29 Å². The highest BCUT2D eigenvalue weighted by molar-refractivity contribution is 9.10. The van der Waals surface area contributed by atoms with Gasteiger partial charge >= 0.3 is 0 Å². The number of halogens is 1. The summed E-state index contributed by atoms with van der Waals surface area (Å²) in [7, 11) is -1.94. The highest BCUT2D eigenvalue weighted by Gasteiger charge is 2.39. The van der Waals surface area contributed by atoms with Crippen LogP contribution in [0.2, 0.25) is 18.1 Å². The zero-order valence-corrected chi connectivity index (χ0v) is 25.0. The van der Waals surface area contributed by atoms with Crippen LogP contribution in [0.5, 0.6) is 5.75 Å². The molecule has 0 fully saturated rings. The van der Waals surface area contributed by atoms with E-state index in [0.29, 0.717) is 13.2 Å². The van der Waals surface area contributed by atoms with Gasteiger partial charge in [-0.1, -0.05) is 93.9 Å². The van der Waals surface area contributed by atoms with E-state index < -0.39 is 14.6 Å². The minimum Gasteiger partial charge on any atom is -0.461 e. The predicted octanol–water partition coefficient (Wildman–Crippen LogP) is 8.01. The molecule has 35 heavy (non-hydrogen) atoms. The number of hydrogen-bond acceptors (Lipinski definition) is 4. The van der Waals surface area contributed by atoms with Gasteiger partial charge in [-0.3, -0.25) is 0 Å². The minimum absolute atomic E-state index is 0.101. The highest BCUT2D eigenvalue weighted by Crippen LogP contribution is 2.37. The molecule has 0 spiro atoms. The lowest BCUT2D eigenvalue weighted by molar-refractivity contribution is -0.155. The minimum atomic E-state index is -1.94. The second-order valence-corrected chi connectivity index (χ2v) is 17.4. The molecule has 0 saturated carbocycles. The first-order valence-corrected chi connectivity index (χ1v) is 16.1. The molecule has 0 saturated heterocycles. The summed E-state index contributed by atoms with van der Waals surface area (Å²) >= 11 is 3.61. The predicted molar refractivity (Wildman–Crippen MR) is 149 cm³/mol. The molecule has 1 heterocycles. The van der Waals surface area contributed by atoms with Gasteiger partial charge < -0.3 is 18.6 Å². The second kappa shape index (κ2) is 11.3. The summed E-state index contributed by atoms with van der Waals surface area (Å²) in [5.41, 5.74) is 2.47. The van der Waals surface area contributed by atoms with E-state index in [-0.39, 0.29) is 22.7 Å². The fourth-order valence-electron chi connectivity index (χ4n) is 3.46. The lowest BCUT2D eigenvalue weighted by Crippen LogP contribution is -2.47. The van der Waals surface area contributed by atoms with Crippen molar-refractivity contribution in [1.29, 1.82) is 0 Å². The fourth-order valence-corrected chi connectivity index (χ4v) is 4.87. The molecule has 192 valence electrons. The van der Waals surface area contributed by atoms with Crippen LogP contribution in [0.3, 0.4) is 0 Å². The number of rotatable bonds is 8. The molecule has 0 amide bonds. The Bertz CT molecular complexity index is 989. The van der Waals surface area contributed by atoms with Crippen LogP contribution in [0.25, 0.3) is 0 Å². The van der Waals surface area contributed by atoms with Crippen LogP contribution in [0.15, 0.2) is 65.2 Å². The monoisotopic (exact) mass is 560 g/mol. The summed E-state index contributed by atoms with van der Waals surface area (Å²) in [4.78, 5) is 0. The smallest absolute Gasteiger partial charge is 0.220 e. The maximum absolute atomic E-state index is 6.53. The SMILES string of the molecule is CC(C)(C)c1ccc(O[C@@H]2C=C[C@@H](OCc3ccccc3Br)[C@@H](CO[Si](C)(C)C(C)(C)C)O2)cc1. The maximum atomic E-state index is 6.53. The molecule has 0 bridgehead atoms. The van der Waals surface area contributed by atoms with E-state index in [4.69, 9.17) is 18.6 Å². The number of benzene rings is 2. The molecule has 3 atom stereocenters. The first-order chi connectivity index (χ1) is 16.3. The molecule has 2 aromatic carbocycles. The Morgan fingerprint density at radius 3 is 2.17 bits per heavy atom. The highest BCUT2D eigenvalue weighted by atomic mass is 79.9. The summed E-state index contributed by atoms with van der Waals surface area (Å²) in [6, 6.07) is 16.4. The van der Waals surface area contributed by atoms with Crippen molar-refractivity contribution in [2.75, 3.05) is 6.61 Å². The summed E-state index contributed by atoms with van der Waals surface area (Å²) in [6.07, 6.45) is 3.00. The molecule has 3 rings (SSSR count). The van der Waals surface area contributed by atoms with Crippen LogP contribution in [0, 0.1) is 0 Å². The summed E-state index contributed by atoms with van der Waals surface area (Å²) in [5.74, 6) is 0.782. The van der Waals surface area contributed by atoms with E-state index >= 15 is 0 Å². The quantitative estimate of drug-likeness (QED) is 0.242. The van der Waals surface area contributed by atoms with Gasteiger partial charge in [0.15, 0.2) is 8.32 Å². The summed E-state index contributed by atoms with van der Waals surface area (Å²) < 4.78 is 26.4. The average molecular weight is 562 g/mol. The van der Waals surface area contributed by atoms with Crippen LogP contribution in [0.1, 0.15) is 52.7 Å². The van der Waals surface area contributed by atoms with Crippen LogP contribution in [-0.4, -0.2) is 33.4 Å². The van der Waals surface area contributed by atoms with Gasteiger partial charge in [0.1, 0.15) is 18.0 Å². The average Bonchev–Trinajstić information content (AvgIpc) is 2.77. The van der Waals surface area contributed by atoms with E-state index in [1.54, 1.807) is 0 Å². The zero-order chi connectivity index (χ0) is 25.9. The van der Waals surface area contributed by atoms with Crippen molar-refractivity contribution in [3.8, 4) is 5.75 Å². The number of ether oxygens (including phenoxy) is 3. The fraction of sp³-hybridized carbons (Fsp3) is 0.517. The summed E-state index contributed by atoms with van der Waals surface area (Å²) in [6.45, 7) is 18.8. The lowest BCUT2D eigenvalue weighted by Gasteiger charge is -2.39. The molecule has 0 unspecified atom stereocenters. The van der Waals surface area contributed by atoms with E-state index in [9.17, 15) is 0 Å². The Balaban J connectivity index is 1.72. The molecule has 0 aliphatic carbocycles. The van der Waals surface area contributed by atoms with Crippen LogP contribution < -0.4 is 4.74 Å². The van der Waals surface area contributed by atoms with Gasteiger partial charge in [-0.2, -0.15) is 0 Å². The van der Waals surface area contributed by atoms with Gasteiger partial charge in [0, 0.05) is 4.47 Å². The Morgan fingerprint density at radius 1 is 0.914 bits per heavy atom. The normalized spacial score (nSPS) is 21.2. The molecular weight excluding hydrogens is 520 g/mol. The molecule has 0 N–H and O–H groups in total. The standard InChI is InChI=1S/C29H41BrO4Si/c1-28(2,3)22-13-15-23(16-14-22)33-27-18-17-25(31-19-21-11-9-10-12-24(21)30)26(34-27)20-32-35(7,8)29(4,5)6/h9-18,25-27H,19-20H2,1-8H3/t25-,26-,27+/m1/s1. The van der Waals surface area contributed by atoms with E-state index in [0.717, 1.165) is 15.8 Å². The third kappa shape index (κ3) is 7.77. The van der Waals surface area contributed by atoms with Gasteiger partial charge in [-0.25, -0.2) is 0 Å². The Hall–Kier alpha value is -1.44. The van der Waals surface area contributed by atoms with E-state index in [2.05, 4.69) is 88.8 Å². The topological polar surface area (TPSA) is 36.9 Å². The van der Waals surface area contributed by atoms with Crippen molar-refractivity contribution in [2.24, 2.45) is 0 Å². The first-order valence-electron chi connectivity index (χ1n) is 12.4.